The molecule has 0 bridgehead atoms. The number of ketones is 1. The summed E-state index contributed by atoms with van der Waals surface area (Å²) < 4.78 is 24.1. The molecule has 0 aromatic heterocycles. The Morgan fingerprint density at radius 2 is 1.64 bits per heavy atom. The van der Waals surface area contributed by atoms with E-state index in [-0.39, 0.29) is 41.0 Å². The maximum atomic E-state index is 14.4. The molecule has 1 saturated carbocycles. The first kappa shape index (κ1) is 30.3. The van der Waals surface area contributed by atoms with Crippen LogP contribution in [0.5, 0.6) is 5.75 Å². The van der Waals surface area contributed by atoms with Crippen molar-refractivity contribution < 1.29 is 32.7 Å². The third kappa shape index (κ3) is 5.43. The van der Waals surface area contributed by atoms with Gasteiger partial charge < -0.3 is 25.1 Å². The zero-order chi connectivity index (χ0) is 32.3. The number of benzene rings is 3. The summed E-state index contributed by atoms with van der Waals surface area (Å²) in [5, 5.41) is 12.8. The first-order chi connectivity index (χ1) is 21.3. The van der Waals surface area contributed by atoms with Crippen molar-refractivity contribution in [2.75, 3.05) is 38.3 Å². The number of hydrogen-bond acceptors (Lipinski definition) is 8. The van der Waals surface area contributed by atoms with E-state index in [9.17, 15) is 32.7 Å². The molecule has 3 aliphatic rings. The highest BCUT2D eigenvalue weighted by molar-refractivity contribution is 7.90. The van der Waals surface area contributed by atoms with Gasteiger partial charge in [-0.3, -0.25) is 19.2 Å². The number of carbonyl (C=O) groups excluding carboxylic acids is 4. The summed E-state index contributed by atoms with van der Waals surface area (Å²) in [5.74, 6) is -1.90. The monoisotopic (exact) mass is 630 g/mol. The van der Waals surface area contributed by atoms with Gasteiger partial charge in [0.1, 0.15) is 17.3 Å². The Morgan fingerprint density at radius 3 is 2.29 bits per heavy atom. The molecule has 2 saturated heterocycles. The lowest BCUT2D eigenvalue weighted by Gasteiger charge is -2.29. The van der Waals surface area contributed by atoms with E-state index in [4.69, 9.17) is 0 Å². The highest BCUT2D eigenvalue weighted by Gasteiger charge is 2.65. The predicted molar refractivity (Wildman–Crippen MR) is 166 cm³/mol. The molecule has 3 amide bonds. The van der Waals surface area contributed by atoms with Gasteiger partial charge >= 0.3 is 0 Å². The number of likely N-dealkylation sites (tertiary alicyclic amines) is 2. The predicted octanol–water partition coefficient (Wildman–Crippen LogP) is 2.21. The van der Waals surface area contributed by atoms with E-state index in [1.54, 1.807) is 24.3 Å². The smallest absolute Gasteiger partial charge is 0.254 e. The molecule has 3 fully saturated rings. The van der Waals surface area contributed by atoms with E-state index in [1.165, 1.54) is 46.2 Å². The molecule has 234 valence electrons. The van der Waals surface area contributed by atoms with E-state index in [0.29, 0.717) is 18.4 Å². The highest BCUT2D eigenvalue weighted by Crippen LogP contribution is 2.54. The van der Waals surface area contributed by atoms with E-state index < -0.39 is 45.2 Å². The second-order valence-electron chi connectivity index (χ2n) is 12.2. The van der Waals surface area contributed by atoms with Crippen LogP contribution in [0.15, 0.2) is 77.7 Å². The highest BCUT2D eigenvalue weighted by atomic mass is 32.2. The van der Waals surface area contributed by atoms with Gasteiger partial charge in [-0.05, 0) is 73.0 Å². The summed E-state index contributed by atoms with van der Waals surface area (Å²) in [6.45, 7) is 0.00450. The largest absolute Gasteiger partial charge is 0.508 e. The first-order valence-corrected chi connectivity index (χ1v) is 16.5. The van der Waals surface area contributed by atoms with E-state index in [2.05, 4.69) is 5.32 Å². The molecule has 3 aromatic rings. The molecular formula is C33H34N4O7S. The Kier molecular flexibility index (Phi) is 7.43. The Bertz CT molecular complexity index is 1810. The van der Waals surface area contributed by atoms with Crippen molar-refractivity contribution in [1.82, 2.24) is 15.1 Å². The van der Waals surface area contributed by atoms with Crippen LogP contribution in [0.3, 0.4) is 0 Å². The molecule has 2 heterocycles. The number of Topliss-reactive ketones (excluding diaryl/α,β-unsaturated/α-hetero) is 1. The van der Waals surface area contributed by atoms with Crippen LogP contribution in [0.1, 0.15) is 45.0 Å². The summed E-state index contributed by atoms with van der Waals surface area (Å²) in [5.41, 5.74) is 0.893. The zero-order valence-electron chi connectivity index (χ0n) is 25.1. The molecule has 2 aliphatic heterocycles. The number of carbonyl (C=O) groups is 4. The summed E-state index contributed by atoms with van der Waals surface area (Å²) in [7, 11) is 0.238. The van der Waals surface area contributed by atoms with Gasteiger partial charge in [-0.15, -0.1) is 0 Å². The molecule has 1 aliphatic carbocycles. The fourth-order valence-corrected chi connectivity index (χ4v) is 7.25. The Morgan fingerprint density at radius 1 is 0.956 bits per heavy atom. The lowest BCUT2D eigenvalue weighted by molar-refractivity contribution is -0.139. The van der Waals surface area contributed by atoms with Gasteiger partial charge in [0, 0.05) is 49.6 Å². The fourth-order valence-electron chi connectivity index (χ4n) is 6.59. The van der Waals surface area contributed by atoms with Crippen LogP contribution >= 0.6 is 0 Å². The Labute approximate surface area is 261 Å². The van der Waals surface area contributed by atoms with E-state index >= 15 is 0 Å². The van der Waals surface area contributed by atoms with Gasteiger partial charge in [-0.2, -0.15) is 0 Å². The van der Waals surface area contributed by atoms with Gasteiger partial charge in [0.15, 0.2) is 15.6 Å². The van der Waals surface area contributed by atoms with E-state index in [1.807, 2.05) is 31.1 Å². The average Bonchev–Trinajstić information content (AvgIpc) is 3.40. The standard InChI is InChI=1S/C33H34N4O7S/c1-35(2)23-11-7-21(8-12-23)30(40)34-33(18-26(33)20-9-13-24(38)14-10-20)32(42)36-16-15-27-29(36)28(39)19-37(27)31(41)22-5-4-6-25(17-22)45(3,43)44/h4-14,17,26-27,29,38H,15-16,18-19H2,1-3H3,(H,34,40)/t26?,27-,29+,33?/m1/s1. The van der Waals surface area contributed by atoms with Gasteiger partial charge in [-0.1, -0.05) is 18.2 Å². The molecule has 3 aromatic carbocycles. The van der Waals surface area contributed by atoms with Gasteiger partial charge in [0.25, 0.3) is 11.8 Å². The molecule has 2 unspecified atom stereocenters. The second kappa shape index (κ2) is 11.0. The minimum atomic E-state index is -3.55. The number of nitrogens with zero attached hydrogens (tertiary/aromatic N) is 3. The molecule has 6 rings (SSSR count). The van der Waals surface area contributed by atoms with Crippen molar-refractivity contribution in [2.24, 2.45) is 0 Å². The van der Waals surface area contributed by atoms with Crippen LogP contribution in [0.25, 0.3) is 0 Å². The van der Waals surface area contributed by atoms with Crippen molar-refractivity contribution in [1.29, 1.82) is 0 Å². The topological polar surface area (TPSA) is 144 Å². The molecule has 2 N–H and O–H groups in total. The molecule has 11 nitrogen and oxygen atoms in total. The van der Waals surface area contributed by atoms with Crippen molar-refractivity contribution >= 4 is 39.0 Å². The molecule has 45 heavy (non-hydrogen) atoms. The minimum absolute atomic E-state index is 0.00157. The number of phenolic OH excluding ortho intramolecular Hbond substituents is 1. The number of rotatable bonds is 7. The van der Waals surface area contributed by atoms with Gasteiger partial charge in [0.2, 0.25) is 5.91 Å². The first-order valence-electron chi connectivity index (χ1n) is 14.6. The second-order valence-corrected chi connectivity index (χ2v) is 14.2. The normalized spacial score (nSPS) is 23.9. The average molecular weight is 631 g/mol. The molecular weight excluding hydrogens is 596 g/mol. The quantitative estimate of drug-likeness (QED) is 0.405. The van der Waals surface area contributed by atoms with Gasteiger partial charge in [-0.25, -0.2) is 8.42 Å². The molecule has 0 spiro atoms. The minimum Gasteiger partial charge on any atom is -0.508 e. The summed E-state index contributed by atoms with van der Waals surface area (Å²) >= 11 is 0. The molecule has 4 atom stereocenters. The van der Waals surface area contributed by atoms with Crippen LogP contribution in [0.2, 0.25) is 0 Å². The number of nitrogens with one attached hydrogen (secondary N) is 1. The third-order valence-electron chi connectivity index (χ3n) is 9.07. The summed E-state index contributed by atoms with van der Waals surface area (Å²) in [4.78, 5) is 59.7. The van der Waals surface area contributed by atoms with Crippen molar-refractivity contribution in [2.45, 2.75) is 41.3 Å². The SMILES string of the molecule is CN(C)c1ccc(C(=O)NC2(C(=O)N3CC[C@@H]4[C@H]3C(=O)CN4C(=O)c3cccc(S(C)(=O)=O)c3)CC2c2ccc(O)cc2)cc1. The number of anilines is 1. The molecule has 0 radical (unpaired) electrons. The van der Waals surface area contributed by atoms with Crippen LogP contribution in [0.4, 0.5) is 5.69 Å². The summed E-state index contributed by atoms with van der Waals surface area (Å²) in [6, 6.07) is 17.7. The Hall–Kier alpha value is -4.71. The van der Waals surface area contributed by atoms with Crippen molar-refractivity contribution in [3.05, 3.63) is 89.5 Å². The summed E-state index contributed by atoms with van der Waals surface area (Å²) in [6.07, 6.45) is 1.73. The fraction of sp³-hybridized carbons (Fsp3) is 0.333. The van der Waals surface area contributed by atoms with Crippen LogP contribution < -0.4 is 10.2 Å². The number of fused-ring (bicyclic) bond motifs is 1. The number of amides is 3. The van der Waals surface area contributed by atoms with Crippen LogP contribution in [-0.2, 0) is 19.4 Å². The zero-order valence-corrected chi connectivity index (χ0v) is 26.0. The van der Waals surface area contributed by atoms with E-state index in [0.717, 1.165) is 17.5 Å². The van der Waals surface area contributed by atoms with Gasteiger partial charge in [0.05, 0.1) is 17.5 Å². The number of sulfone groups is 1. The van der Waals surface area contributed by atoms with Crippen LogP contribution in [0, 0.1) is 0 Å². The molecule has 12 heteroatoms. The number of hydrogen-bond donors (Lipinski definition) is 2. The lowest BCUT2D eigenvalue weighted by Crippen LogP contribution is -2.55. The third-order valence-corrected chi connectivity index (χ3v) is 10.2. The van der Waals surface area contributed by atoms with Crippen LogP contribution in [-0.4, -0.2) is 97.9 Å². The lowest BCUT2D eigenvalue weighted by atomic mass is 10.0. The Balaban J connectivity index is 1.27. The maximum Gasteiger partial charge on any atom is 0.254 e. The van der Waals surface area contributed by atoms with Crippen molar-refractivity contribution in [3.63, 3.8) is 0 Å². The maximum absolute atomic E-state index is 14.4. The number of phenols is 1. The number of aromatic hydroxyl groups is 1. The van der Waals surface area contributed by atoms with Crippen molar-refractivity contribution in [3.8, 4) is 5.75 Å².